The Bertz CT molecular complexity index is 649. The van der Waals surface area contributed by atoms with Gasteiger partial charge in [-0.1, -0.05) is 18.2 Å². The van der Waals surface area contributed by atoms with Crippen LogP contribution in [-0.4, -0.2) is 16.7 Å². The standard InChI is InChI=1S/C14H18N4O2/c1-14(2,3)20-13(19)18(16)12-9-6-4-5-7-11(9)17-8-10(12)15/h4-8H,15-16H2,1-3H3. The van der Waals surface area contributed by atoms with E-state index in [1.54, 1.807) is 26.8 Å². The summed E-state index contributed by atoms with van der Waals surface area (Å²) in [7, 11) is 0. The third-order valence-corrected chi connectivity index (χ3v) is 2.61. The maximum Gasteiger partial charge on any atom is 0.429 e. The molecule has 0 saturated carbocycles. The van der Waals surface area contributed by atoms with E-state index in [1.165, 1.54) is 6.20 Å². The van der Waals surface area contributed by atoms with Crippen molar-refractivity contribution in [2.75, 3.05) is 10.7 Å². The van der Waals surface area contributed by atoms with Crippen LogP contribution in [0.5, 0.6) is 0 Å². The maximum absolute atomic E-state index is 12.1. The van der Waals surface area contributed by atoms with Crippen LogP contribution in [0.25, 0.3) is 10.9 Å². The molecular formula is C14H18N4O2. The van der Waals surface area contributed by atoms with E-state index in [9.17, 15) is 4.79 Å². The van der Waals surface area contributed by atoms with Crippen LogP contribution >= 0.6 is 0 Å². The van der Waals surface area contributed by atoms with Gasteiger partial charge in [0.1, 0.15) is 5.60 Å². The molecule has 1 aromatic carbocycles. The van der Waals surface area contributed by atoms with Crippen molar-refractivity contribution >= 4 is 28.4 Å². The van der Waals surface area contributed by atoms with Crippen LogP contribution in [0, 0.1) is 0 Å². The van der Waals surface area contributed by atoms with Gasteiger partial charge in [-0.2, -0.15) is 0 Å². The summed E-state index contributed by atoms with van der Waals surface area (Å²) in [6, 6.07) is 7.30. The van der Waals surface area contributed by atoms with E-state index in [0.29, 0.717) is 22.3 Å². The molecule has 0 aliphatic carbocycles. The van der Waals surface area contributed by atoms with Crippen molar-refractivity contribution in [3.63, 3.8) is 0 Å². The topological polar surface area (TPSA) is 94.5 Å². The van der Waals surface area contributed by atoms with Crippen LogP contribution in [0.15, 0.2) is 30.5 Å². The lowest BCUT2D eigenvalue weighted by Gasteiger charge is -2.25. The number of hydrogen-bond donors (Lipinski definition) is 2. The number of para-hydroxylation sites is 1. The van der Waals surface area contributed by atoms with Crippen LogP contribution in [0.4, 0.5) is 16.2 Å². The second-order valence-electron chi connectivity index (χ2n) is 5.43. The Balaban J connectivity index is 2.46. The molecule has 1 aromatic heterocycles. The number of carbonyl (C=O) groups excluding carboxylic acids is 1. The number of ether oxygens (including phenoxy) is 1. The summed E-state index contributed by atoms with van der Waals surface area (Å²) >= 11 is 0. The number of nitrogen functional groups attached to an aromatic ring is 1. The first-order valence-corrected chi connectivity index (χ1v) is 6.20. The fourth-order valence-electron chi connectivity index (χ4n) is 1.81. The van der Waals surface area contributed by atoms with E-state index in [1.807, 2.05) is 18.2 Å². The Morgan fingerprint density at radius 1 is 1.30 bits per heavy atom. The minimum atomic E-state index is -0.666. The molecule has 0 atom stereocenters. The summed E-state index contributed by atoms with van der Waals surface area (Å²) in [6.07, 6.45) is 0.808. The third-order valence-electron chi connectivity index (χ3n) is 2.61. The number of rotatable bonds is 1. The van der Waals surface area contributed by atoms with Crippen molar-refractivity contribution in [2.45, 2.75) is 26.4 Å². The second-order valence-corrected chi connectivity index (χ2v) is 5.43. The largest absolute Gasteiger partial charge is 0.442 e. The van der Waals surface area contributed by atoms with Crippen molar-refractivity contribution in [3.05, 3.63) is 30.5 Å². The summed E-state index contributed by atoms with van der Waals surface area (Å²) in [5.41, 5.74) is 6.68. The fourth-order valence-corrected chi connectivity index (χ4v) is 1.81. The predicted molar refractivity (Wildman–Crippen MR) is 79.1 cm³/mol. The summed E-state index contributed by atoms with van der Waals surface area (Å²) < 4.78 is 5.24. The highest BCUT2D eigenvalue weighted by Gasteiger charge is 2.24. The number of nitrogens with two attached hydrogens (primary N) is 2. The average molecular weight is 274 g/mol. The SMILES string of the molecule is CC(C)(C)OC(=O)N(N)c1c(N)cnc2ccccc12. The first kappa shape index (κ1) is 14.1. The van der Waals surface area contributed by atoms with Gasteiger partial charge in [-0.05, 0) is 26.8 Å². The van der Waals surface area contributed by atoms with Crippen molar-refractivity contribution in [3.8, 4) is 0 Å². The minimum absolute atomic E-state index is 0.317. The highest BCUT2D eigenvalue weighted by atomic mass is 16.6. The van der Waals surface area contributed by atoms with Crippen molar-refractivity contribution < 1.29 is 9.53 Å². The minimum Gasteiger partial charge on any atom is -0.442 e. The van der Waals surface area contributed by atoms with Gasteiger partial charge in [-0.15, -0.1) is 0 Å². The summed E-state index contributed by atoms with van der Waals surface area (Å²) in [5, 5.41) is 1.62. The summed E-state index contributed by atoms with van der Waals surface area (Å²) in [5.74, 6) is 5.86. The average Bonchev–Trinajstić information content (AvgIpc) is 2.36. The lowest BCUT2D eigenvalue weighted by atomic mass is 10.1. The van der Waals surface area contributed by atoms with Crippen LogP contribution in [0.1, 0.15) is 20.8 Å². The summed E-state index contributed by atoms with van der Waals surface area (Å²) in [4.78, 5) is 16.3. The third kappa shape index (κ3) is 2.80. The Morgan fingerprint density at radius 3 is 2.60 bits per heavy atom. The molecule has 0 saturated heterocycles. The summed E-state index contributed by atoms with van der Waals surface area (Å²) in [6.45, 7) is 5.31. The molecule has 2 aromatic rings. The number of nitrogens with zero attached hydrogens (tertiary/aromatic N) is 2. The highest BCUT2D eigenvalue weighted by molar-refractivity contribution is 6.04. The second kappa shape index (κ2) is 4.97. The molecule has 0 aliphatic rings. The predicted octanol–water partition coefficient (Wildman–Crippen LogP) is 2.43. The lowest BCUT2D eigenvalue weighted by Crippen LogP contribution is -2.42. The Hall–Kier alpha value is -2.34. The first-order chi connectivity index (χ1) is 9.29. The molecule has 0 aliphatic heterocycles. The number of fused-ring (bicyclic) bond motifs is 1. The highest BCUT2D eigenvalue weighted by Crippen LogP contribution is 2.30. The molecule has 0 bridgehead atoms. The number of aromatic nitrogens is 1. The van der Waals surface area contributed by atoms with E-state index in [-0.39, 0.29) is 0 Å². The zero-order chi connectivity index (χ0) is 14.9. The molecule has 1 amide bonds. The van der Waals surface area contributed by atoms with Crippen LogP contribution in [0.3, 0.4) is 0 Å². The number of hydrogen-bond acceptors (Lipinski definition) is 5. The molecule has 106 valence electrons. The van der Waals surface area contributed by atoms with Gasteiger partial charge in [0.15, 0.2) is 0 Å². The van der Waals surface area contributed by atoms with Gasteiger partial charge < -0.3 is 10.5 Å². The van der Waals surface area contributed by atoms with Gasteiger partial charge in [-0.3, -0.25) is 4.98 Å². The zero-order valence-corrected chi connectivity index (χ0v) is 11.8. The Kier molecular flexibility index (Phi) is 3.50. The molecule has 4 N–H and O–H groups in total. The molecular weight excluding hydrogens is 256 g/mol. The molecule has 0 spiro atoms. The van der Waals surface area contributed by atoms with Crippen LogP contribution in [-0.2, 0) is 4.74 Å². The van der Waals surface area contributed by atoms with Crippen molar-refractivity contribution in [1.82, 2.24) is 4.98 Å². The maximum atomic E-state index is 12.1. The van der Waals surface area contributed by atoms with Crippen LogP contribution < -0.4 is 16.6 Å². The van der Waals surface area contributed by atoms with Gasteiger partial charge in [0, 0.05) is 5.39 Å². The van der Waals surface area contributed by atoms with Crippen molar-refractivity contribution in [2.24, 2.45) is 5.84 Å². The normalized spacial score (nSPS) is 11.4. The molecule has 20 heavy (non-hydrogen) atoms. The molecule has 2 rings (SSSR count). The Morgan fingerprint density at radius 2 is 1.95 bits per heavy atom. The van der Waals surface area contributed by atoms with E-state index < -0.39 is 11.7 Å². The van der Waals surface area contributed by atoms with Gasteiger partial charge in [-0.25, -0.2) is 15.6 Å². The molecule has 6 heteroatoms. The molecule has 0 unspecified atom stereocenters. The van der Waals surface area contributed by atoms with E-state index in [4.69, 9.17) is 16.3 Å². The number of anilines is 2. The molecule has 6 nitrogen and oxygen atoms in total. The number of carbonyl (C=O) groups is 1. The number of pyridine rings is 1. The lowest BCUT2D eigenvalue weighted by molar-refractivity contribution is 0.0580. The quantitative estimate of drug-likeness (QED) is 0.473. The smallest absolute Gasteiger partial charge is 0.429 e. The monoisotopic (exact) mass is 274 g/mol. The number of benzene rings is 1. The molecule has 0 radical (unpaired) electrons. The number of hydrazine groups is 1. The molecule has 0 fully saturated rings. The van der Waals surface area contributed by atoms with Crippen molar-refractivity contribution in [1.29, 1.82) is 0 Å². The van der Waals surface area contributed by atoms with Gasteiger partial charge in [0.25, 0.3) is 0 Å². The van der Waals surface area contributed by atoms with Gasteiger partial charge in [0.05, 0.1) is 23.1 Å². The zero-order valence-electron chi connectivity index (χ0n) is 11.8. The molecule has 1 heterocycles. The van der Waals surface area contributed by atoms with E-state index in [0.717, 1.165) is 5.01 Å². The number of amides is 1. The van der Waals surface area contributed by atoms with E-state index in [2.05, 4.69) is 4.98 Å². The van der Waals surface area contributed by atoms with E-state index >= 15 is 0 Å². The van der Waals surface area contributed by atoms with Crippen LogP contribution in [0.2, 0.25) is 0 Å². The Labute approximate surface area is 117 Å². The fraction of sp³-hybridized carbons (Fsp3) is 0.286. The van der Waals surface area contributed by atoms with Gasteiger partial charge >= 0.3 is 6.09 Å². The van der Waals surface area contributed by atoms with Gasteiger partial charge in [0.2, 0.25) is 0 Å². The first-order valence-electron chi connectivity index (χ1n) is 6.20.